The van der Waals surface area contributed by atoms with Gasteiger partial charge in [0.1, 0.15) is 0 Å². The van der Waals surface area contributed by atoms with Gasteiger partial charge in [0.15, 0.2) is 4.96 Å². The van der Waals surface area contributed by atoms with E-state index in [-0.39, 0.29) is 6.04 Å². The Hall–Kier alpha value is -1.76. The second-order valence-corrected chi connectivity index (χ2v) is 5.75. The van der Waals surface area contributed by atoms with Crippen molar-refractivity contribution >= 4 is 16.3 Å². The van der Waals surface area contributed by atoms with Crippen LogP contribution in [-0.4, -0.2) is 14.4 Å². The van der Waals surface area contributed by atoms with E-state index in [0.717, 1.165) is 34.0 Å². The molecular weight excluding hydrogens is 270 g/mol. The summed E-state index contributed by atoms with van der Waals surface area (Å²) in [5.74, 6) is 5.72. The molecule has 3 aromatic rings. The highest BCUT2D eigenvalue weighted by Crippen LogP contribution is 2.21. The lowest BCUT2D eigenvalue weighted by atomic mass is 10.0. The molecule has 104 valence electrons. The highest BCUT2D eigenvalue weighted by molar-refractivity contribution is 7.15. The van der Waals surface area contributed by atoms with Gasteiger partial charge < -0.3 is 0 Å². The molecule has 20 heavy (non-hydrogen) atoms. The Morgan fingerprint density at radius 3 is 2.90 bits per heavy atom. The standard InChI is InChI=1S/C14H17N5S/c1-9-3-4-12(10(2)16-9)13(18-15)7-11-8-19-5-6-20-14(19)17-11/h3-6,8,13,18H,7,15H2,1-2H3. The van der Waals surface area contributed by atoms with E-state index in [1.54, 1.807) is 11.3 Å². The first-order chi connectivity index (χ1) is 9.67. The zero-order valence-electron chi connectivity index (χ0n) is 11.5. The molecule has 3 rings (SSSR count). The van der Waals surface area contributed by atoms with Gasteiger partial charge in [-0.25, -0.2) is 4.98 Å². The number of aromatic nitrogens is 3. The summed E-state index contributed by atoms with van der Waals surface area (Å²) in [7, 11) is 0. The first kappa shape index (κ1) is 13.2. The highest BCUT2D eigenvalue weighted by atomic mass is 32.1. The third-order valence-electron chi connectivity index (χ3n) is 3.40. The molecule has 0 aliphatic rings. The molecule has 0 fully saturated rings. The summed E-state index contributed by atoms with van der Waals surface area (Å²) in [4.78, 5) is 10.1. The Morgan fingerprint density at radius 1 is 1.35 bits per heavy atom. The third-order valence-corrected chi connectivity index (χ3v) is 4.17. The molecule has 0 saturated heterocycles. The van der Waals surface area contributed by atoms with Crippen molar-refractivity contribution in [2.24, 2.45) is 5.84 Å². The lowest BCUT2D eigenvalue weighted by molar-refractivity contribution is 0.542. The van der Waals surface area contributed by atoms with Gasteiger partial charge in [0, 0.05) is 35.6 Å². The Bertz CT molecular complexity index is 702. The molecule has 0 radical (unpaired) electrons. The Balaban J connectivity index is 1.88. The number of nitrogens with zero attached hydrogens (tertiary/aromatic N) is 3. The van der Waals surface area contributed by atoms with E-state index in [1.807, 2.05) is 42.1 Å². The Kier molecular flexibility index (Phi) is 3.52. The molecule has 3 aromatic heterocycles. The van der Waals surface area contributed by atoms with Crippen LogP contribution in [0.25, 0.3) is 4.96 Å². The van der Waals surface area contributed by atoms with Crippen LogP contribution in [0.2, 0.25) is 0 Å². The molecule has 0 spiro atoms. The van der Waals surface area contributed by atoms with E-state index in [2.05, 4.69) is 21.5 Å². The molecular formula is C14H17N5S. The summed E-state index contributed by atoms with van der Waals surface area (Å²) < 4.78 is 2.04. The molecule has 0 bridgehead atoms. The van der Waals surface area contributed by atoms with Gasteiger partial charge in [0.25, 0.3) is 0 Å². The molecule has 0 aliphatic heterocycles. The van der Waals surface area contributed by atoms with Crippen LogP contribution in [0.5, 0.6) is 0 Å². The summed E-state index contributed by atoms with van der Waals surface area (Å²) in [6.07, 6.45) is 4.81. The van der Waals surface area contributed by atoms with E-state index >= 15 is 0 Å². The molecule has 3 heterocycles. The van der Waals surface area contributed by atoms with Crippen LogP contribution in [0.3, 0.4) is 0 Å². The number of thiazole rings is 1. The fourth-order valence-electron chi connectivity index (χ4n) is 2.41. The van der Waals surface area contributed by atoms with Crippen molar-refractivity contribution in [2.75, 3.05) is 0 Å². The Morgan fingerprint density at radius 2 is 2.20 bits per heavy atom. The zero-order chi connectivity index (χ0) is 14.1. The largest absolute Gasteiger partial charge is 0.297 e. The lowest BCUT2D eigenvalue weighted by Crippen LogP contribution is -2.30. The molecule has 0 saturated carbocycles. The summed E-state index contributed by atoms with van der Waals surface area (Å²) in [5.41, 5.74) is 7.05. The summed E-state index contributed by atoms with van der Waals surface area (Å²) in [5, 5.41) is 2.03. The second kappa shape index (κ2) is 5.32. The quantitative estimate of drug-likeness (QED) is 0.570. The molecule has 5 nitrogen and oxygen atoms in total. The molecule has 0 aromatic carbocycles. The number of pyridine rings is 1. The van der Waals surface area contributed by atoms with E-state index in [9.17, 15) is 0 Å². The van der Waals surface area contributed by atoms with Crippen LogP contribution in [0, 0.1) is 13.8 Å². The maximum Gasteiger partial charge on any atom is 0.193 e. The molecule has 0 aliphatic carbocycles. The average Bonchev–Trinajstić information content (AvgIpc) is 2.97. The fraction of sp³-hybridized carbons (Fsp3) is 0.286. The van der Waals surface area contributed by atoms with Crippen LogP contribution in [0.4, 0.5) is 0 Å². The molecule has 0 amide bonds. The van der Waals surface area contributed by atoms with Gasteiger partial charge in [-0.2, -0.15) is 0 Å². The number of nitrogens with one attached hydrogen (secondary N) is 1. The highest BCUT2D eigenvalue weighted by Gasteiger charge is 2.16. The zero-order valence-corrected chi connectivity index (χ0v) is 12.3. The number of hydrazine groups is 1. The second-order valence-electron chi connectivity index (χ2n) is 4.88. The van der Waals surface area contributed by atoms with Gasteiger partial charge in [-0.3, -0.25) is 20.7 Å². The monoisotopic (exact) mass is 287 g/mol. The summed E-state index contributed by atoms with van der Waals surface area (Å²) >= 11 is 1.63. The maximum atomic E-state index is 5.72. The predicted molar refractivity (Wildman–Crippen MR) is 80.5 cm³/mol. The molecule has 1 atom stereocenters. The van der Waals surface area contributed by atoms with Gasteiger partial charge in [0.05, 0.1) is 11.7 Å². The van der Waals surface area contributed by atoms with E-state index < -0.39 is 0 Å². The number of rotatable bonds is 4. The topological polar surface area (TPSA) is 68.2 Å². The average molecular weight is 287 g/mol. The van der Waals surface area contributed by atoms with Crippen LogP contribution < -0.4 is 11.3 Å². The normalized spacial score (nSPS) is 12.9. The SMILES string of the molecule is Cc1ccc(C(Cc2cn3ccsc3n2)NN)c(C)n1. The van der Waals surface area contributed by atoms with Crippen molar-refractivity contribution in [3.63, 3.8) is 0 Å². The minimum absolute atomic E-state index is 0.0210. The van der Waals surface area contributed by atoms with Gasteiger partial charge in [-0.15, -0.1) is 11.3 Å². The number of hydrogen-bond acceptors (Lipinski definition) is 5. The summed E-state index contributed by atoms with van der Waals surface area (Å²) in [6.45, 7) is 4.00. The van der Waals surface area contributed by atoms with E-state index in [0.29, 0.717) is 0 Å². The smallest absolute Gasteiger partial charge is 0.193 e. The van der Waals surface area contributed by atoms with E-state index in [1.165, 1.54) is 0 Å². The third kappa shape index (κ3) is 2.45. The van der Waals surface area contributed by atoms with Gasteiger partial charge in [-0.05, 0) is 25.5 Å². The first-order valence-corrected chi connectivity index (χ1v) is 7.36. The van der Waals surface area contributed by atoms with Crippen molar-refractivity contribution < 1.29 is 0 Å². The van der Waals surface area contributed by atoms with Crippen LogP contribution in [-0.2, 0) is 6.42 Å². The fourth-order valence-corrected chi connectivity index (χ4v) is 3.13. The van der Waals surface area contributed by atoms with Gasteiger partial charge >= 0.3 is 0 Å². The van der Waals surface area contributed by atoms with Crippen molar-refractivity contribution in [3.8, 4) is 0 Å². The van der Waals surface area contributed by atoms with Crippen molar-refractivity contribution in [2.45, 2.75) is 26.3 Å². The predicted octanol–water partition coefficient (Wildman–Crippen LogP) is 2.15. The number of fused-ring (bicyclic) bond motifs is 1. The van der Waals surface area contributed by atoms with Crippen LogP contribution >= 0.6 is 11.3 Å². The van der Waals surface area contributed by atoms with Crippen molar-refractivity contribution in [1.82, 2.24) is 19.8 Å². The Labute approximate surface area is 121 Å². The number of hydrogen-bond donors (Lipinski definition) is 2. The molecule has 6 heteroatoms. The minimum Gasteiger partial charge on any atom is -0.297 e. The van der Waals surface area contributed by atoms with Gasteiger partial charge in [0.2, 0.25) is 0 Å². The van der Waals surface area contributed by atoms with Crippen LogP contribution in [0.1, 0.15) is 28.7 Å². The minimum atomic E-state index is 0.0210. The van der Waals surface area contributed by atoms with Gasteiger partial charge in [-0.1, -0.05) is 6.07 Å². The first-order valence-electron chi connectivity index (χ1n) is 6.48. The molecule has 1 unspecified atom stereocenters. The number of imidazole rings is 1. The molecule has 3 N–H and O–H groups in total. The lowest BCUT2D eigenvalue weighted by Gasteiger charge is -2.17. The summed E-state index contributed by atoms with van der Waals surface area (Å²) in [6, 6.07) is 4.12. The van der Waals surface area contributed by atoms with Crippen molar-refractivity contribution in [1.29, 1.82) is 0 Å². The van der Waals surface area contributed by atoms with E-state index in [4.69, 9.17) is 5.84 Å². The number of aryl methyl sites for hydroxylation is 2. The number of nitrogens with two attached hydrogens (primary N) is 1. The van der Waals surface area contributed by atoms with Crippen LogP contribution in [0.15, 0.2) is 29.9 Å². The maximum absolute atomic E-state index is 5.72. The van der Waals surface area contributed by atoms with Crippen molar-refractivity contribution in [3.05, 3.63) is 52.6 Å².